The van der Waals surface area contributed by atoms with Crippen molar-refractivity contribution in [2.75, 3.05) is 0 Å². The van der Waals surface area contributed by atoms with Crippen molar-refractivity contribution >= 4 is 10.8 Å². The van der Waals surface area contributed by atoms with Crippen LogP contribution >= 0.6 is 0 Å². The van der Waals surface area contributed by atoms with Gasteiger partial charge in [-0.25, -0.2) is 0 Å². The third kappa shape index (κ3) is 4.48. The fraction of sp³-hybridized carbons (Fsp3) is 0.471. The average Bonchev–Trinajstić information content (AvgIpc) is 2.50. The molecular formula is C17H27N. The summed E-state index contributed by atoms with van der Waals surface area (Å²) in [5, 5.41) is 2.55. The largest absolute Gasteiger partial charge is 0.261 e. The molecule has 0 fully saturated rings. The summed E-state index contributed by atoms with van der Waals surface area (Å²) >= 11 is 0. The summed E-state index contributed by atoms with van der Waals surface area (Å²) in [6, 6.07) is 8.78. The Morgan fingerprint density at radius 1 is 0.833 bits per heavy atom. The number of nitrogens with zero attached hydrogens (tertiary/aromatic N) is 1. The van der Waals surface area contributed by atoms with Crippen LogP contribution in [-0.4, -0.2) is 4.98 Å². The first-order valence-corrected chi connectivity index (χ1v) is 7.21. The number of rotatable bonds is 2. The molecular weight excluding hydrogens is 218 g/mol. The van der Waals surface area contributed by atoms with Crippen molar-refractivity contribution in [2.24, 2.45) is 0 Å². The number of fused-ring (bicyclic) bond motifs is 1. The Hall–Kier alpha value is -1.37. The van der Waals surface area contributed by atoms with Crippen LogP contribution in [0.3, 0.4) is 0 Å². The van der Waals surface area contributed by atoms with E-state index in [-0.39, 0.29) is 0 Å². The van der Waals surface area contributed by atoms with Gasteiger partial charge in [0.2, 0.25) is 0 Å². The fourth-order valence-corrected chi connectivity index (χ4v) is 1.65. The molecule has 0 N–H and O–H groups in total. The van der Waals surface area contributed by atoms with E-state index in [0.717, 1.165) is 12.8 Å². The topological polar surface area (TPSA) is 12.9 Å². The summed E-state index contributed by atoms with van der Waals surface area (Å²) in [6.07, 6.45) is 4.07. The maximum atomic E-state index is 4.38. The normalized spacial score (nSPS) is 9.00. The van der Waals surface area contributed by atoms with Crippen LogP contribution in [0, 0.1) is 0 Å². The Morgan fingerprint density at radius 3 is 2.06 bits per heavy atom. The maximum absolute atomic E-state index is 4.38. The molecule has 0 saturated carbocycles. The molecule has 0 aliphatic heterocycles. The number of aryl methyl sites for hydroxylation is 2. The van der Waals surface area contributed by atoms with Crippen LogP contribution in [0.1, 0.15) is 52.8 Å². The van der Waals surface area contributed by atoms with Crippen LogP contribution in [0.25, 0.3) is 10.8 Å². The smallest absolute Gasteiger partial charge is 0.0407 e. The molecule has 0 radical (unpaired) electrons. The minimum absolute atomic E-state index is 1.01. The predicted octanol–water partition coefficient (Wildman–Crippen LogP) is 5.41. The molecule has 18 heavy (non-hydrogen) atoms. The molecule has 100 valence electrons. The summed E-state index contributed by atoms with van der Waals surface area (Å²) in [6.45, 7) is 12.3. The molecule has 0 amide bonds. The number of aromatic nitrogens is 1. The van der Waals surface area contributed by atoms with E-state index in [0.29, 0.717) is 0 Å². The van der Waals surface area contributed by atoms with E-state index in [4.69, 9.17) is 0 Å². The van der Waals surface area contributed by atoms with Crippen molar-refractivity contribution in [3.63, 3.8) is 0 Å². The highest BCUT2D eigenvalue weighted by Gasteiger charge is 1.97. The van der Waals surface area contributed by atoms with Gasteiger partial charge in [0.05, 0.1) is 0 Å². The van der Waals surface area contributed by atoms with Gasteiger partial charge in [0.25, 0.3) is 0 Å². The van der Waals surface area contributed by atoms with E-state index < -0.39 is 0 Å². The van der Waals surface area contributed by atoms with Crippen LogP contribution < -0.4 is 0 Å². The second-order valence-corrected chi connectivity index (χ2v) is 3.56. The summed E-state index contributed by atoms with van der Waals surface area (Å²) in [4.78, 5) is 4.38. The van der Waals surface area contributed by atoms with E-state index >= 15 is 0 Å². The third-order valence-electron chi connectivity index (χ3n) is 2.61. The van der Waals surface area contributed by atoms with Crippen molar-refractivity contribution in [3.8, 4) is 0 Å². The first-order chi connectivity index (χ1) is 8.83. The van der Waals surface area contributed by atoms with Gasteiger partial charge in [0, 0.05) is 17.3 Å². The zero-order valence-electron chi connectivity index (χ0n) is 12.7. The molecule has 0 aliphatic carbocycles. The molecule has 0 saturated heterocycles. The summed E-state index contributed by atoms with van der Waals surface area (Å²) in [5.41, 5.74) is 2.57. The van der Waals surface area contributed by atoms with Gasteiger partial charge >= 0.3 is 0 Å². The van der Waals surface area contributed by atoms with E-state index in [9.17, 15) is 0 Å². The Labute approximate surface area is 112 Å². The van der Waals surface area contributed by atoms with Gasteiger partial charge in [-0.15, -0.1) is 0 Å². The minimum Gasteiger partial charge on any atom is -0.261 e. The van der Waals surface area contributed by atoms with Crippen LogP contribution in [-0.2, 0) is 12.8 Å². The second-order valence-electron chi connectivity index (χ2n) is 3.56. The monoisotopic (exact) mass is 245 g/mol. The number of pyridine rings is 1. The summed E-state index contributed by atoms with van der Waals surface area (Å²) in [7, 11) is 0. The molecule has 2 rings (SSSR count). The molecule has 0 spiro atoms. The van der Waals surface area contributed by atoms with Gasteiger partial charge in [0.15, 0.2) is 0 Å². The quantitative estimate of drug-likeness (QED) is 0.689. The van der Waals surface area contributed by atoms with Gasteiger partial charge in [-0.1, -0.05) is 59.7 Å². The van der Waals surface area contributed by atoms with Crippen LogP contribution in [0.2, 0.25) is 0 Å². The molecule has 0 bridgehead atoms. The average molecular weight is 245 g/mol. The van der Waals surface area contributed by atoms with Crippen molar-refractivity contribution in [3.05, 3.63) is 41.7 Å². The fourth-order valence-electron chi connectivity index (χ4n) is 1.65. The van der Waals surface area contributed by atoms with Crippen LogP contribution in [0.4, 0.5) is 0 Å². The number of hydrogen-bond donors (Lipinski definition) is 0. The molecule has 1 heterocycles. The summed E-state index contributed by atoms with van der Waals surface area (Å²) < 4.78 is 0. The molecule has 0 atom stereocenters. The van der Waals surface area contributed by atoms with Crippen molar-refractivity contribution < 1.29 is 0 Å². The first-order valence-electron chi connectivity index (χ1n) is 7.21. The van der Waals surface area contributed by atoms with E-state index in [1.807, 2.05) is 33.9 Å². The maximum Gasteiger partial charge on any atom is 0.0407 e. The van der Waals surface area contributed by atoms with Crippen LogP contribution in [0.5, 0.6) is 0 Å². The van der Waals surface area contributed by atoms with Crippen molar-refractivity contribution in [1.29, 1.82) is 0 Å². The molecule has 1 heteroatoms. The zero-order valence-corrected chi connectivity index (χ0v) is 12.7. The Kier molecular flexibility index (Phi) is 8.91. The standard InChI is InChI=1S/C13H15N.2C2H6/c1-3-10-5-6-11-9-14-13(4-2)8-12(11)7-10;2*1-2/h5-9H,3-4H2,1-2H3;2*1-2H3. The first kappa shape index (κ1) is 16.6. The third-order valence-corrected chi connectivity index (χ3v) is 2.61. The van der Waals surface area contributed by atoms with Gasteiger partial charge in [-0.3, -0.25) is 4.98 Å². The highest BCUT2D eigenvalue weighted by atomic mass is 14.7. The molecule has 0 aliphatic rings. The van der Waals surface area contributed by atoms with E-state index in [2.05, 4.69) is 43.1 Å². The molecule has 1 aromatic heterocycles. The second kappa shape index (κ2) is 9.64. The van der Waals surface area contributed by atoms with Gasteiger partial charge in [0.1, 0.15) is 0 Å². The lowest BCUT2D eigenvalue weighted by Gasteiger charge is -2.02. The highest BCUT2D eigenvalue weighted by molar-refractivity contribution is 5.82. The lowest BCUT2D eigenvalue weighted by Crippen LogP contribution is -1.87. The molecule has 1 nitrogen and oxygen atoms in total. The Bertz CT molecular complexity index is 408. The molecule has 1 aromatic carbocycles. The Morgan fingerprint density at radius 2 is 1.50 bits per heavy atom. The van der Waals surface area contributed by atoms with Gasteiger partial charge in [-0.2, -0.15) is 0 Å². The SMILES string of the molecule is CC.CC.CCc1ccc2cnc(CC)cc2c1. The molecule has 0 unspecified atom stereocenters. The zero-order chi connectivity index (χ0) is 14.0. The summed E-state index contributed by atoms with van der Waals surface area (Å²) in [5.74, 6) is 0. The van der Waals surface area contributed by atoms with Crippen molar-refractivity contribution in [1.82, 2.24) is 4.98 Å². The highest BCUT2D eigenvalue weighted by Crippen LogP contribution is 2.16. The van der Waals surface area contributed by atoms with Crippen LogP contribution in [0.15, 0.2) is 30.5 Å². The van der Waals surface area contributed by atoms with E-state index in [1.54, 1.807) is 0 Å². The number of benzene rings is 1. The molecule has 2 aromatic rings. The number of hydrogen-bond acceptors (Lipinski definition) is 1. The lowest BCUT2D eigenvalue weighted by molar-refractivity contribution is 1.04. The van der Waals surface area contributed by atoms with Crippen molar-refractivity contribution in [2.45, 2.75) is 54.4 Å². The van der Waals surface area contributed by atoms with Gasteiger partial charge < -0.3 is 0 Å². The Balaban J connectivity index is 0.000000659. The lowest BCUT2D eigenvalue weighted by atomic mass is 10.1. The minimum atomic E-state index is 1.01. The predicted molar refractivity (Wildman–Crippen MR) is 83.2 cm³/mol. The van der Waals surface area contributed by atoms with E-state index in [1.165, 1.54) is 22.0 Å². The van der Waals surface area contributed by atoms with Gasteiger partial charge in [-0.05, 0) is 29.9 Å².